The van der Waals surface area contributed by atoms with Crippen LogP contribution in [0.4, 0.5) is 0 Å². The topological polar surface area (TPSA) is 71.1 Å². The number of benzene rings is 3. The maximum Gasteiger partial charge on any atom is 0.330 e. The maximum absolute atomic E-state index is 12.3. The second-order valence-corrected chi connectivity index (χ2v) is 9.95. The lowest BCUT2D eigenvalue weighted by Gasteiger charge is -2.16. The van der Waals surface area contributed by atoms with Crippen LogP contribution in [0.25, 0.3) is 0 Å². The molecule has 0 saturated carbocycles. The molecule has 0 radical (unpaired) electrons. The van der Waals surface area contributed by atoms with Crippen molar-refractivity contribution in [3.05, 3.63) is 95.6 Å². The molecule has 3 rings (SSSR count). The van der Waals surface area contributed by atoms with Gasteiger partial charge in [-0.15, -0.1) is 0 Å². The molecule has 0 aliphatic rings. The fourth-order valence-corrected chi connectivity index (χ4v) is 4.38. The van der Waals surface area contributed by atoms with Gasteiger partial charge in [0.05, 0.1) is 13.2 Å². The van der Waals surface area contributed by atoms with E-state index < -0.39 is 7.60 Å². The molecule has 0 aliphatic heterocycles. The van der Waals surface area contributed by atoms with Gasteiger partial charge in [-0.1, -0.05) is 61.5 Å². The predicted octanol–water partition coefficient (Wildman–Crippen LogP) is 6.34. The Labute approximate surface area is 201 Å². The Balaban J connectivity index is 1.41. The average molecular weight is 483 g/mol. The van der Waals surface area contributed by atoms with Crippen LogP contribution in [-0.2, 0) is 26.6 Å². The van der Waals surface area contributed by atoms with Gasteiger partial charge in [0.15, 0.2) is 12.4 Å². The number of hydrogen-bond acceptors (Lipinski definition) is 6. The Morgan fingerprint density at radius 2 is 1.38 bits per heavy atom. The zero-order valence-corrected chi connectivity index (χ0v) is 20.5. The predicted molar refractivity (Wildman–Crippen MR) is 133 cm³/mol. The molecule has 7 heteroatoms. The number of ether oxygens (including phenoxy) is 2. The molecular formula is C27H31O6P. The molecule has 6 nitrogen and oxygen atoms in total. The molecule has 0 N–H and O–H groups in total. The first kappa shape index (κ1) is 25.7. The summed E-state index contributed by atoms with van der Waals surface area (Å²) in [4.78, 5) is 12.1. The van der Waals surface area contributed by atoms with Gasteiger partial charge in [0.1, 0.15) is 18.1 Å². The number of ketones is 1. The van der Waals surface area contributed by atoms with E-state index >= 15 is 0 Å². The van der Waals surface area contributed by atoms with Gasteiger partial charge in [0, 0.05) is 11.7 Å². The van der Waals surface area contributed by atoms with Crippen LogP contribution >= 0.6 is 7.60 Å². The van der Waals surface area contributed by atoms with Crippen molar-refractivity contribution in [1.82, 2.24) is 0 Å². The van der Waals surface area contributed by atoms with E-state index in [1.165, 1.54) is 0 Å². The van der Waals surface area contributed by atoms with E-state index in [1.807, 2.05) is 73.7 Å². The van der Waals surface area contributed by atoms with Gasteiger partial charge in [-0.05, 0) is 48.7 Å². The standard InChI is InChI=1S/C27H31O6P/c1-3-32-34(29,4-2)33-19-18-22-10-14-25(15-11-22)30-20-23-12-16-26(17-13-23)31-21-27(28)24-8-6-5-7-9-24/h5-17H,3-4,18-21H2,1-2H3. The van der Waals surface area contributed by atoms with Crippen LogP contribution in [0.15, 0.2) is 78.9 Å². The van der Waals surface area contributed by atoms with Crippen LogP contribution in [-0.4, -0.2) is 31.8 Å². The van der Waals surface area contributed by atoms with Gasteiger partial charge in [0.2, 0.25) is 0 Å². The van der Waals surface area contributed by atoms with Crippen molar-refractivity contribution in [2.75, 3.05) is 26.0 Å². The summed E-state index contributed by atoms with van der Waals surface area (Å²) in [7, 11) is -2.97. The number of carbonyl (C=O) groups is 1. The van der Waals surface area contributed by atoms with E-state index in [0.29, 0.717) is 43.7 Å². The highest BCUT2D eigenvalue weighted by Gasteiger charge is 2.20. The molecule has 0 fully saturated rings. The molecule has 0 saturated heterocycles. The van der Waals surface area contributed by atoms with E-state index in [1.54, 1.807) is 19.1 Å². The Bertz CT molecular complexity index is 1060. The molecule has 1 atom stereocenters. The molecule has 0 amide bonds. The normalized spacial score (nSPS) is 12.6. The lowest BCUT2D eigenvalue weighted by Crippen LogP contribution is -2.11. The third kappa shape index (κ3) is 8.14. The van der Waals surface area contributed by atoms with Crippen LogP contribution in [0, 0.1) is 0 Å². The minimum Gasteiger partial charge on any atom is -0.489 e. The Morgan fingerprint density at radius 1 is 0.765 bits per heavy atom. The first-order valence-electron chi connectivity index (χ1n) is 11.4. The van der Waals surface area contributed by atoms with Gasteiger partial charge < -0.3 is 18.5 Å². The Morgan fingerprint density at radius 3 is 2.00 bits per heavy atom. The third-order valence-corrected chi connectivity index (χ3v) is 7.11. The number of hydrogen-bond donors (Lipinski definition) is 0. The molecule has 0 heterocycles. The summed E-state index contributed by atoms with van der Waals surface area (Å²) in [6.45, 7) is 4.74. The van der Waals surface area contributed by atoms with Gasteiger partial charge in [0.25, 0.3) is 0 Å². The van der Waals surface area contributed by atoms with E-state index in [4.69, 9.17) is 18.5 Å². The second-order valence-electron chi connectivity index (χ2n) is 7.58. The van der Waals surface area contributed by atoms with Gasteiger partial charge in [-0.25, -0.2) is 0 Å². The summed E-state index contributed by atoms with van der Waals surface area (Å²) >= 11 is 0. The van der Waals surface area contributed by atoms with E-state index in [0.717, 1.165) is 16.9 Å². The third-order valence-electron chi connectivity index (χ3n) is 5.11. The summed E-state index contributed by atoms with van der Waals surface area (Å²) in [5, 5.41) is 0. The fourth-order valence-electron chi connectivity index (χ4n) is 3.18. The van der Waals surface area contributed by atoms with Crippen LogP contribution in [0.3, 0.4) is 0 Å². The summed E-state index contributed by atoms with van der Waals surface area (Å²) in [5.41, 5.74) is 2.70. The highest BCUT2D eigenvalue weighted by molar-refractivity contribution is 7.53. The molecule has 180 valence electrons. The van der Waals surface area contributed by atoms with Crippen molar-refractivity contribution < 1.29 is 27.9 Å². The first-order valence-corrected chi connectivity index (χ1v) is 13.1. The Kier molecular flexibility index (Phi) is 9.89. The molecule has 0 spiro atoms. The lowest BCUT2D eigenvalue weighted by atomic mass is 10.1. The molecule has 3 aromatic carbocycles. The quantitative estimate of drug-likeness (QED) is 0.197. The minimum absolute atomic E-state index is 0.00112. The fraction of sp³-hybridized carbons (Fsp3) is 0.296. The molecule has 0 bridgehead atoms. The van der Waals surface area contributed by atoms with Crippen LogP contribution in [0.2, 0.25) is 0 Å². The number of Topliss-reactive ketones (excluding diaryl/α,β-unsaturated/α-hetero) is 1. The molecule has 0 aromatic heterocycles. The lowest BCUT2D eigenvalue weighted by molar-refractivity contribution is 0.0921. The summed E-state index contributed by atoms with van der Waals surface area (Å²) in [5.74, 6) is 1.33. The van der Waals surface area contributed by atoms with E-state index in [-0.39, 0.29) is 12.4 Å². The Hall–Kier alpha value is -2.92. The first-order chi connectivity index (χ1) is 16.5. The number of carbonyl (C=O) groups excluding carboxylic acids is 1. The zero-order chi connectivity index (χ0) is 24.2. The smallest absolute Gasteiger partial charge is 0.330 e. The molecule has 34 heavy (non-hydrogen) atoms. The molecule has 1 unspecified atom stereocenters. The molecule has 0 aliphatic carbocycles. The molecular weight excluding hydrogens is 451 g/mol. The highest BCUT2D eigenvalue weighted by atomic mass is 31.2. The largest absolute Gasteiger partial charge is 0.489 e. The average Bonchev–Trinajstić information content (AvgIpc) is 2.88. The van der Waals surface area contributed by atoms with Gasteiger partial charge in [-0.3, -0.25) is 9.36 Å². The summed E-state index contributed by atoms with van der Waals surface area (Å²) in [6, 6.07) is 24.3. The summed E-state index contributed by atoms with van der Waals surface area (Å²) < 4.78 is 34.5. The van der Waals surface area contributed by atoms with Crippen LogP contribution < -0.4 is 9.47 Å². The van der Waals surface area contributed by atoms with Crippen molar-refractivity contribution in [3.8, 4) is 11.5 Å². The SMILES string of the molecule is CCOP(=O)(CC)OCCc1ccc(OCc2ccc(OCC(=O)c3ccccc3)cc2)cc1. The van der Waals surface area contributed by atoms with Crippen molar-refractivity contribution in [2.24, 2.45) is 0 Å². The zero-order valence-electron chi connectivity index (χ0n) is 19.6. The van der Waals surface area contributed by atoms with Gasteiger partial charge >= 0.3 is 7.60 Å². The maximum atomic E-state index is 12.3. The minimum atomic E-state index is -2.97. The van der Waals surface area contributed by atoms with Crippen molar-refractivity contribution >= 4 is 13.4 Å². The summed E-state index contributed by atoms with van der Waals surface area (Å²) in [6.07, 6.45) is 1.01. The molecule has 3 aromatic rings. The highest BCUT2D eigenvalue weighted by Crippen LogP contribution is 2.47. The van der Waals surface area contributed by atoms with Crippen LogP contribution in [0.1, 0.15) is 35.3 Å². The second kappa shape index (κ2) is 13.1. The van der Waals surface area contributed by atoms with Crippen LogP contribution in [0.5, 0.6) is 11.5 Å². The van der Waals surface area contributed by atoms with Crippen molar-refractivity contribution in [1.29, 1.82) is 0 Å². The van der Waals surface area contributed by atoms with Crippen molar-refractivity contribution in [3.63, 3.8) is 0 Å². The van der Waals surface area contributed by atoms with E-state index in [9.17, 15) is 9.36 Å². The number of rotatable bonds is 14. The van der Waals surface area contributed by atoms with E-state index in [2.05, 4.69) is 0 Å². The monoisotopic (exact) mass is 482 g/mol. The van der Waals surface area contributed by atoms with Gasteiger partial charge in [-0.2, -0.15) is 0 Å². The van der Waals surface area contributed by atoms with Crippen molar-refractivity contribution in [2.45, 2.75) is 26.9 Å².